The monoisotopic (exact) mass is 218 g/mol. The van der Waals surface area contributed by atoms with Crippen LogP contribution in [0.15, 0.2) is 0 Å². The van der Waals surface area contributed by atoms with Crippen LogP contribution in [0.4, 0.5) is 0 Å². The molecule has 0 spiro atoms. The highest BCUT2D eigenvalue weighted by Gasteiger charge is 2.45. The second-order valence-corrected chi connectivity index (χ2v) is 5.62. The summed E-state index contributed by atoms with van der Waals surface area (Å²) >= 11 is 0. The van der Waals surface area contributed by atoms with Crippen LogP contribution >= 0.6 is 0 Å². The third kappa shape index (κ3) is 3.40. The molecule has 1 aliphatic rings. The lowest BCUT2D eigenvalue weighted by molar-refractivity contribution is -0.141. The molecule has 0 heterocycles. The van der Waals surface area contributed by atoms with Gasteiger partial charge in [0.25, 0.3) is 0 Å². The molecule has 0 aliphatic heterocycles. The molecule has 14 heavy (non-hydrogen) atoms. The number of hydrogen-bond acceptors (Lipinski definition) is 3. The summed E-state index contributed by atoms with van der Waals surface area (Å²) in [6.07, 6.45) is 3.44. The Balaban J connectivity index is 2.35. The average molecular weight is 218 g/mol. The van der Waals surface area contributed by atoms with E-state index in [1.165, 1.54) is 7.11 Å². The first-order chi connectivity index (χ1) is 6.62. The highest BCUT2D eigenvalue weighted by molar-refractivity contribution is 7.85. The second kappa shape index (κ2) is 4.91. The second-order valence-electron chi connectivity index (χ2n) is 4.04. The Morgan fingerprint density at radius 2 is 2.14 bits per heavy atom. The Kier molecular flexibility index (Phi) is 4.11. The summed E-state index contributed by atoms with van der Waals surface area (Å²) < 4.78 is 16.2. The summed E-state index contributed by atoms with van der Waals surface area (Å²) in [5, 5.41) is 0. The predicted molar refractivity (Wildman–Crippen MR) is 56.5 cm³/mol. The molecule has 1 fully saturated rings. The minimum absolute atomic E-state index is 0.0210. The molecule has 1 saturated carbocycles. The van der Waals surface area contributed by atoms with Crippen LogP contribution in [0.3, 0.4) is 0 Å². The van der Waals surface area contributed by atoms with E-state index in [1.54, 1.807) is 0 Å². The molecule has 82 valence electrons. The van der Waals surface area contributed by atoms with Crippen molar-refractivity contribution < 1.29 is 13.7 Å². The Hall–Kier alpha value is -0.380. The number of rotatable bonds is 6. The Morgan fingerprint density at radius 3 is 2.57 bits per heavy atom. The van der Waals surface area contributed by atoms with Gasteiger partial charge in [0.15, 0.2) is 0 Å². The molecule has 1 atom stereocenters. The number of esters is 1. The molecule has 0 aromatic heterocycles. The van der Waals surface area contributed by atoms with Crippen molar-refractivity contribution in [1.29, 1.82) is 0 Å². The molecule has 1 rings (SSSR count). The van der Waals surface area contributed by atoms with Gasteiger partial charge >= 0.3 is 5.97 Å². The standard InChI is InChI=1S/C10H18O3S/c1-3-6-14(12)8-10(4-5-10)7-9(11)13-2/h3-8H2,1-2H3. The minimum atomic E-state index is -0.753. The van der Waals surface area contributed by atoms with E-state index in [1.807, 2.05) is 6.92 Å². The molecule has 0 aromatic rings. The van der Waals surface area contributed by atoms with Crippen molar-refractivity contribution in [1.82, 2.24) is 0 Å². The van der Waals surface area contributed by atoms with Crippen LogP contribution < -0.4 is 0 Å². The molecule has 4 heteroatoms. The van der Waals surface area contributed by atoms with Gasteiger partial charge < -0.3 is 4.74 Å². The molecule has 0 N–H and O–H groups in total. The molecule has 0 saturated heterocycles. The molecule has 1 unspecified atom stereocenters. The number of carbonyl (C=O) groups excluding carboxylic acids is 1. The topological polar surface area (TPSA) is 43.4 Å². The average Bonchev–Trinajstić information content (AvgIpc) is 2.85. The van der Waals surface area contributed by atoms with Gasteiger partial charge in [-0.25, -0.2) is 0 Å². The van der Waals surface area contributed by atoms with Crippen molar-refractivity contribution in [2.24, 2.45) is 5.41 Å². The predicted octanol–water partition coefficient (Wildman–Crippen LogP) is 1.49. The van der Waals surface area contributed by atoms with Gasteiger partial charge in [-0.2, -0.15) is 0 Å². The molecular weight excluding hydrogens is 200 g/mol. The van der Waals surface area contributed by atoms with E-state index in [-0.39, 0.29) is 11.4 Å². The first kappa shape index (κ1) is 11.7. The lowest BCUT2D eigenvalue weighted by Gasteiger charge is -2.12. The first-order valence-electron chi connectivity index (χ1n) is 5.04. The van der Waals surface area contributed by atoms with Crippen LogP contribution in [0.5, 0.6) is 0 Å². The third-order valence-corrected chi connectivity index (χ3v) is 4.40. The highest BCUT2D eigenvalue weighted by atomic mass is 32.2. The summed E-state index contributed by atoms with van der Waals surface area (Å²) in [5.74, 6) is 1.26. The smallest absolute Gasteiger partial charge is 0.306 e. The molecule has 0 amide bonds. The normalized spacial score (nSPS) is 20.1. The third-order valence-electron chi connectivity index (χ3n) is 2.60. The Labute approximate surface area is 87.7 Å². The molecule has 0 aromatic carbocycles. The van der Waals surface area contributed by atoms with E-state index in [0.29, 0.717) is 12.2 Å². The molecule has 0 bridgehead atoms. The van der Waals surface area contributed by atoms with Gasteiger partial charge in [-0.1, -0.05) is 6.92 Å². The molecule has 0 radical (unpaired) electrons. The van der Waals surface area contributed by atoms with E-state index in [2.05, 4.69) is 4.74 Å². The number of methoxy groups -OCH3 is 1. The molecule has 1 aliphatic carbocycles. The zero-order valence-electron chi connectivity index (χ0n) is 8.88. The van der Waals surface area contributed by atoms with E-state index in [0.717, 1.165) is 25.0 Å². The lowest BCUT2D eigenvalue weighted by atomic mass is 10.1. The van der Waals surface area contributed by atoms with Crippen molar-refractivity contribution in [3.05, 3.63) is 0 Å². The Bertz CT molecular complexity index is 234. The van der Waals surface area contributed by atoms with E-state index >= 15 is 0 Å². The summed E-state index contributed by atoms with van der Waals surface area (Å²) in [5.41, 5.74) is 0.0210. The van der Waals surface area contributed by atoms with Crippen LogP contribution in [-0.2, 0) is 20.3 Å². The van der Waals surface area contributed by atoms with E-state index < -0.39 is 10.8 Å². The van der Waals surface area contributed by atoms with Gasteiger partial charge in [-0.3, -0.25) is 9.00 Å². The zero-order valence-corrected chi connectivity index (χ0v) is 9.69. The van der Waals surface area contributed by atoms with Crippen molar-refractivity contribution in [3.63, 3.8) is 0 Å². The fraction of sp³-hybridized carbons (Fsp3) is 0.900. The van der Waals surface area contributed by atoms with Gasteiger partial charge in [0, 0.05) is 22.3 Å². The summed E-state index contributed by atoms with van der Waals surface area (Å²) in [6.45, 7) is 2.03. The summed E-state index contributed by atoms with van der Waals surface area (Å²) in [4.78, 5) is 11.1. The fourth-order valence-electron chi connectivity index (χ4n) is 1.57. The number of ether oxygens (including phenoxy) is 1. The van der Waals surface area contributed by atoms with Gasteiger partial charge in [0.2, 0.25) is 0 Å². The molecule has 3 nitrogen and oxygen atoms in total. The minimum Gasteiger partial charge on any atom is -0.469 e. The number of hydrogen-bond donors (Lipinski definition) is 0. The van der Waals surface area contributed by atoms with E-state index in [4.69, 9.17) is 0 Å². The van der Waals surface area contributed by atoms with E-state index in [9.17, 15) is 9.00 Å². The quantitative estimate of drug-likeness (QED) is 0.634. The van der Waals surface area contributed by atoms with Gasteiger partial charge in [0.1, 0.15) is 0 Å². The summed E-state index contributed by atoms with van der Waals surface area (Å²) in [7, 11) is 0.651. The first-order valence-corrected chi connectivity index (χ1v) is 6.52. The summed E-state index contributed by atoms with van der Waals surface area (Å²) in [6, 6.07) is 0. The maximum atomic E-state index is 11.5. The van der Waals surface area contributed by atoms with Gasteiger partial charge in [-0.15, -0.1) is 0 Å². The van der Waals surface area contributed by atoms with Crippen LogP contribution in [0, 0.1) is 5.41 Å². The Morgan fingerprint density at radius 1 is 1.50 bits per heavy atom. The van der Waals surface area contributed by atoms with Crippen LogP contribution in [0.1, 0.15) is 32.6 Å². The van der Waals surface area contributed by atoms with Crippen LogP contribution in [-0.4, -0.2) is 28.8 Å². The SMILES string of the molecule is CCCS(=O)CC1(CC(=O)OC)CC1. The van der Waals surface area contributed by atoms with Crippen LogP contribution in [0.25, 0.3) is 0 Å². The maximum Gasteiger partial charge on any atom is 0.306 e. The van der Waals surface area contributed by atoms with Crippen molar-refractivity contribution in [3.8, 4) is 0 Å². The van der Waals surface area contributed by atoms with Crippen molar-refractivity contribution in [2.75, 3.05) is 18.6 Å². The van der Waals surface area contributed by atoms with Crippen LogP contribution in [0.2, 0.25) is 0 Å². The maximum absolute atomic E-state index is 11.5. The van der Waals surface area contributed by atoms with Gasteiger partial charge in [0.05, 0.1) is 13.5 Å². The lowest BCUT2D eigenvalue weighted by Crippen LogP contribution is -2.18. The molecular formula is C10H18O3S. The van der Waals surface area contributed by atoms with Crippen molar-refractivity contribution >= 4 is 16.8 Å². The number of carbonyl (C=O) groups is 1. The van der Waals surface area contributed by atoms with Crippen molar-refractivity contribution in [2.45, 2.75) is 32.6 Å². The highest BCUT2D eigenvalue weighted by Crippen LogP contribution is 2.49. The zero-order chi connectivity index (χ0) is 10.6. The van der Waals surface area contributed by atoms with Gasteiger partial charge in [-0.05, 0) is 24.7 Å². The fourth-order valence-corrected chi connectivity index (χ4v) is 3.24. The largest absolute Gasteiger partial charge is 0.469 e.